The zero-order valence-electron chi connectivity index (χ0n) is 14.7. The summed E-state index contributed by atoms with van der Waals surface area (Å²) in [5.74, 6) is 2.61. The largest absolute Gasteiger partial charge is 0.273 e. The topological polar surface area (TPSA) is 30.7 Å². The minimum absolute atomic E-state index is 0.776. The number of nitrogens with zero attached hydrogens (tertiary/aromatic N) is 3. The molecule has 0 bridgehead atoms. The second kappa shape index (κ2) is 8.93. The van der Waals surface area contributed by atoms with Gasteiger partial charge in [0, 0.05) is 16.3 Å². The van der Waals surface area contributed by atoms with Gasteiger partial charge in [-0.25, -0.2) is 0 Å². The van der Waals surface area contributed by atoms with Crippen LogP contribution in [-0.2, 0) is 11.5 Å². The van der Waals surface area contributed by atoms with E-state index < -0.39 is 0 Å². The van der Waals surface area contributed by atoms with Crippen LogP contribution in [0.3, 0.4) is 0 Å². The summed E-state index contributed by atoms with van der Waals surface area (Å²) in [7, 11) is 0. The Balaban J connectivity index is 1.58. The van der Waals surface area contributed by atoms with Gasteiger partial charge in [-0.1, -0.05) is 78.5 Å². The molecule has 27 heavy (non-hydrogen) atoms. The molecule has 0 fully saturated rings. The van der Waals surface area contributed by atoms with E-state index in [0.29, 0.717) is 0 Å². The minimum Gasteiger partial charge on any atom is -0.273 e. The van der Waals surface area contributed by atoms with Crippen molar-refractivity contribution in [3.8, 4) is 5.69 Å². The molecule has 0 saturated heterocycles. The summed E-state index contributed by atoms with van der Waals surface area (Å²) < 4.78 is 2.17. The smallest absolute Gasteiger partial charge is 0.196 e. The molecule has 1 heterocycles. The van der Waals surface area contributed by atoms with E-state index in [1.54, 1.807) is 23.5 Å². The van der Waals surface area contributed by atoms with Gasteiger partial charge in [0.2, 0.25) is 0 Å². The first-order valence-electron chi connectivity index (χ1n) is 8.74. The summed E-state index contributed by atoms with van der Waals surface area (Å²) in [4.78, 5) is 1.23. The third-order valence-electron chi connectivity index (χ3n) is 4.04. The Morgan fingerprint density at radius 3 is 1.96 bits per heavy atom. The molecule has 0 amide bonds. The molecule has 3 aromatic carbocycles. The van der Waals surface area contributed by atoms with Crippen LogP contribution in [0.5, 0.6) is 0 Å². The van der Waals surface area contributed by atoms with Gasteiger partial charge in [0.1, 0.15) is 5.82 Å². The monoisotopic (exact) mass is 389 g/mol. The molecule has 0 aliphatic rings. The lowest BCUT2D eigenvalue weighted by atomic mass is 10.2. The van der Waals surface area contributed by atoms with Crippen molar-refractivity contribution in [1.29, 1.82) is 0 Å². The number of rotatable bonds is 7. The van der Waals surface area contributed by atoms with E-state index in [2.05, 4.69) is 87.6 Å². The molecule has 0 atom stereocenters. The SMILES string of the molecule is c1ccc(CSc2nnc(CSc3ccccc3)n2-c2ccccc2)cc1. The molecular weight excluding hydrogens is 370 g/mol. The molecule has 0 spiro atoms. The van der Waals surface area contributed by atoms with Gasteiger partial charge < -0.3 is 0 Å². The molecule has 0 radical (unpaired) electrons. The molecule has 0 N–H and O–H groups in total. The van der Waals surface area contributed by atoms with Crippen LogP contribution in [0.1, 0.15) is 11.4 Å². The number of thioether (sulfide) groups is 2. The van der Waals surface area contributed by atoms with Crippen LogP contribution in [0, 0.1) is 0 Å². The number of hydrogen-bond donors (Lipinski definition) is 0. The lowest BCUT2D eigenvalue weighted by Crippen LogP contribution is -2.01. The third kappa shape index (κ3) is 4.62. The fourth-order valence-electron chi connectivity index (χ4n) is 2.71. The molecular formula is C22H19N3S2. The fraction of sp³-hybridized carbons (Fsp3) is 0.0909. The first-order valence-corrected chi connectivity index (χ1v) is 10.7. The number of hydrogen-bond acceptors (Lipinski definition) is 4. The summed E-state index contributed by atoms with van der Waals surface area (Å²) >= 11 is 3.50. The first kappa shape index (κ1) is 17.9. The minimum atomic E-state index is 0.776. The Kier molecular flexibility index (Phi) is 5.92. The van der Waals surface area contributed by atoms with E-state index in [0.717, 1.165) is 28.2 Å². The van der Waals surface area contributed by atoms with Crippen molar-refractivity contribution in [2.75, 3.05) is 0 Å². The van der Waals surface area contributed by atoms with Gasteiger partial charge in [-0.3, -0.25) is 4.57 Å². The number of aromatic nitrogens is 3. The van der Waals surface area contributed by atoms with Crippen LogP contribution in [0.2, 0.25) is 0 Å². The van der Waals surface area contributed by atoms with Crippen molar-refractivity contribution >= 4 is 23.5 Å². The average Bonchev–Trinajstić information content (AvgIpc) is 3.16. The van der Waals surface area contributed by atoms with E-state index >= 15 is 0 Å². The van der Waals surface area contributed by atoms with Gasteiger partial charge in [0.05, 0.1) is 5.75 Å². The standard InChI is InChI=1S/C22H19N3S2/c1-4-10-18(11-5-1)16-27-22-24-23-21(17-26-20-14-8-3-9-15-20)25(22)19-12-6-2-7-13-19/h1-15H,16-17H2. The quantitative estimate of drug-likeness (QED) is 0.371. The normalized spacial score (nSPS) is 10.8. The van der Waals surface area contributed by atoms with Crippen LogP contribution < -0.4 is 0 Å². The highest BCUT2D eigenvalue weighted by Gasteiger charge is 2.14. The Bertz CT molecular complexity index is 909. The first-order chi connectivity index (χ1) is 13.4. The molecule has 5 heteroatoms. The molecule has 1 aromatic heterocycles. The van der Waals surface area contributed by atoms with Crippen molar-refractivity contribution in [3.05, 3.63) is 102 Å². The van der Waals surface area contributed by atoms with E-state index in [9.17, 15) is 0 Å². The zero-order chi connectivity index (χ0) is 18.3. The number of para-hydroxylation sites is 1. The maximum Gasteiger partial charge on any atom is 0.196 e. The van der Waals surface area contributed by atoms with Gasteiger partial charge in [-0.15, -0.1) is 22.0 Å². The lowest BCUT2D eigenvalue weighted by Gasteiger charge is -2.10. The maximum absolute atomic E-state index is 4.49. The highest BCUT2D eigenvalue weighted by atomic mass is 32.2. The van der Waals surface area contributed by atoms with Crippen molar-refractivity contribution in [2.45, 2.75) is 21.6 Å². The van der Waals surface area contributed by atoms with Gasteiger partial charge in [0.15, 0.2) is 5.16 Å². The van der Waals surface area contributed by atoms with E-state index in [-0.39, 0.29) is 0 Å². The Hall–Kier alpha value is -2.50. The van der Waals surface area contributed by atoms with Gasteiger partial charge in [-0.05, 0) is 29.8 Å². The summed E-state index contributed by atoms with van der Waals surface area (Å²) in [6.07, 6.45) is 0. The Morgan fingerprint density at radius 2 is 1.26 bits per heavy atom. The van der Waals surface area contributed by atoms with Crippen LogP contribution in [0.15, 0.2) is 101 Å². The fourth-order valence-corrected chi connectivity index (χ4v) is 4.47. The van der Waals surface area contributed by atoms with Crippen molar-refractivity contribution in [3.63, 3.8) is 0 Å². The number of benzene rings is 3. The highest BCUT2D eigenvalue weighted by molar-refractivity contribution is 7.98. The van der Waals surface area contributed by atoms with Crippen molar-refractivity contribution in [1.82, 2.24) is 14.8 Å². The van der Waals surface area contributed by atoms with Gasteiger partial charge in [0.25, 0.3) is 0 Å². The van der Waals surface area contributed by atoms with E-state index in [4.69, 9.17) is 0 Å². The molecule has 0 aliphatic heterocycles. The Labute approximate surface area is 167 Å². The maximum atomic E-state index is 4.49. The van der Waals surface area contributed by atoms with Gasteiger partial charge in [-0.2, -0.15) is 0 Å². The van der Waals surface area contributed by atoms with Crippen LogP contribution in [0.4, 0.5) is 0 Å². The molecule has 4 aromatic rings. The molecule has 0 unspecified atom stereocenters. The zero-order valence-corrected chi connectivity index (χ0v) is 16.4. The van der Waals surface area contributed by atoms with E-state index in [1.807, 2.05) is 18.2 Å². The molecule has 3 nitrogen and oxygen atoms in total. The summed E-state index contributed by atoms with van der Waals surface area (Å²) in [5, 5.41) is 9.90. The average molecular weight is 390 g/mol. The van der Waals surface area contributed by atoms with Gasteiger partial charge >= 0.3 is 0 Å². The predicted octanol–water partition coefficient (Wildman–Crippen LogP) is 5.85. The molecule has 134 valence electrons. The highest BCUT2D eigenvalue weighted by Crippen LogP contribution is 2.28. The second-order valence-electron chi connectivity index (χ2n) is 5.95. The predicted molar refractivity (Wildman–Crippen MR) is 113 cm³/mol. The second-order valence-corrected chi connectivity index (χ2v) is 7.94. The van der Waals surface area contributed by atoms with E-state index in [1.165, 1.54) is 10.5 Å². The Morgan fingerprint density at radius 1 is 0.630 bits per heavy atom. The molecule has 0 aliphatic carbocycles. The molecule has 0 saturated carbocycles. The van der Waals surface area contributed by atoms with Crippen LogP contribution >= 0.6 is 23.5 Å². The van der Waals surface area contributed by atoms with Crippen molar-refractivity contribution in [2.24, 2.45) is 0 Å². The van der Waals surface area contributed by atoms with Crippen LogP contribution in [0.25, 0.3) is 5.69 Å². The summed E-state index contributed by atoms with van der Waals surface area (Å²) in [6.45, 7) is 0. The summed E-state index contributed by atoms with van der Waals surface area (Å²) in [6, 6.07) is 31.2. The van der Waals surface area contributed by atoms with Crippen molar-refractivity contribution < 1.29 is 0 Å². The lowest BCUT2D eigenvalue weighted by molar-refractivity contribution is 0.864. The summed E-state index contributed by atoms with van der Waals surface area (Å²) in [5.41, 5.74) is 2.38. The third-order valence-corrected chi connectivity index (χ3v) is 6.04. The molecule has 4 rings (SSSR count). The van der Waals surface area contributed by atoms with Crippen LogP contribution in [-0.4, -0.2) is 14.8 Å².